The Morgan fingerprint density at radius 1 is 1.64 bits per heavy atom. The van der Waals surface area contributed by atoms with Gasteiger partial charge in [0.15, 0.2) is 0 Å². The van der Waals surface area contributed by atoms with Crippen molar-refractivity contribution in [3.63, 3.8) is 0 Å². The molecule has 2 atom stereocenters. The summed E-state index contributed by atoms with van der Waals surface area (Å²) in [4.78, 5) is 2.15. The van der Waals surface area contributed by atoms with Crippen LogP contribution in [-0.4, -0.2) is 37.7 Å². The van der Waals surface area contributed by atoms with Crippen LogP contribution in [0.4, 0.5) is 0 Å². The topological polar surface area (TPSA) is 36.3 Å². The first-order valence-corrected chi connectivity index (χ1v) is 5.45. The van der Waals surface area contributed by atoms with E-state index in [-0.39, 0.29) is 6.04 Å². The molecule has 0 amide bonds. The molecule has 14 heavy (non-hydrogen) atoms. The van der Waals surface area contributed by atoms with Gasteiger partial charge in [-0.1, -0.05) is 6.92 Å². The van der Waals surface area contributed by atoms with Crippen LogP contribution in [0.5, 0.6) is 0 Å². The van der Waals surface area contributed by atoms with Crippen molar-refractivity contribution < 1.29 is 4.74 Å². The first-order valence-electron chi connectivity index (χ1n) is 5.45. The number of nitrogens with zero attached hydrogens (tertiary/aromatic N) is 2. The van der Waals surface area contributed by atoms with E-state index in [1.54, 1.807) is 0 Å². The lowest BCUT2D eigenvalue weighted by Crippen LogP contribution is -2.36. The molecule has 80 valence electrons. The van der Waals surface area contributed by atoms with Gasteiger partial charge in [-0.15, -0.1) is 0 Å². The summed E-state index contributed by atoms with van der Waals surface area (Å²) < 4.78 is 5.42. The fraction of sp³-hybridized carbons (Fsp3) is 0.909. The highest BCUT2D eigenvalue weighted by atomic mass is 16.5. The summed E-state index contributed by atoms with van der Waals surface area (Å²) in [6.45, 7) is 4.83. The van der Waals surface area contributed by atoms with Gasteiger partial charge in [0.25, 0.3) is 0 Å². The zero-order valence-corrected chi connectivity index (χ0v) is 9.20. The van der Waals surface area contributed by atoms with Crippen LogP contribution in [0.15, 0.2) is 0 Å². The third kappa shape index (κ3) is 3.28. The van der Waals surface area contributed by atoms with Gasteiger partial charge < -0.3 is 4.74 Å². The van der Waals surface area contributed by atoms with Crippen molar-refractivity contribution in [1.29, 1.82) is 5.26 Å². The lowest BCUT2D eigenvalue weighted by Gasteiger charge is -2.29. The van der Waals surface area contributed by atoms with Gasteiger partial charge in [0.1, 0.15) is 0 Å². The molecular formula is C11H20N2O. The minimum absolute atomic E-state index is 0.0666. The summed E-state index contributed by atoms with van der Waals surface area (Å²) in [5, 5.41) is 8.90. The predicted molar refractivity (Wildman–Crippen MR) is 55.9 cm³/mol. The second-order valence-corrected chi connectivity index (χ2v) is 4.08. The van der Waals surface area contributed by atoms with Crippen LogP contribution < -0.4 is 0 Å². The van der Waals surface area contributed by atoms with Gasteiger partial charge in [-0.05, 0) is 32.2 Å². The van der Waals surface area contributed by atoms with Crippen molar-refractivity contribution in [2.24, 2.45) is 5.92 Å². The van der Waals surface area contributed by atoms with Crippen LogP contribution in [0, 0.1) is 17.2 Å². The van der Waals surface area contributed by atoms with Crippen molar-refractivity contribution >= 4 is 0 Å². The van der Waals surface area contributed by atoms with Crippen molar-refractivity contribution in [1.82, 2.24) is 4.90 Å². The molecule has 1 saturated heterocycles. The molecule has 3 heteroatoms. The second kappa shape index (κ2) is 6.00. The molecule has 0 spiro atoms. The average Bonchev–Trinajstić information content (AvgIpc) is 2.21. The molecule has 1 aliphatic heterocycles. The summed E-state index contributed by atoms with van der Waals surface area (Å²) in [5.74, 6) is 0.621. The van der Waals surface area contributed by atoms with Gasteiger partial charge in [0.2, 0.25) is 0 Å². The van der Waals surface area contributed by atoms with Gasteiger partial charge in [0.05, 0.1) is 18.7 Å². The Kier molecular flexibility index (Phi) is 4.92. The van der Waals surface area contributed by atoms with Crippen molar-refractivity contribution in [3.05, 3.63) is 0 Å². The van der Waals surface area contributed by atoms with Gasteiger partial charge >= 0.3 is 0 Å². The van der Waals surface area contributed by atoms with Crippen molar-refractivity contribution in [3.8, 4) is 6.07 Å². The van der Waals surface area contributed by atoms with Crippen LogP contribution in [0.25, 0.3) is 0 Å². The van der Waals surface area contributed by atoms with E-state index in [4.69, 9.17) is 10.00 Å². The van der Waals surface area contributed by atoms with Crippen LogP contribution in [-0.2, 0) is 4.74 Å². The summed E-state index contributed by atoms with van der Waals surface area (Å²) in [6.07, 6.45) is 3.31. The third-order valence-electron chi connectivity index (χ3n) is 2.87. The predicted octanol–water partition coefficient (Wildman–Crippen LogP) is 1.65. The highest BCUT2D eigenvalue weighted by Gasteiger charge is 2.19. The van der Waals surface area contributed by atoms with Gasteiger partial charge in [-0.3, -0.25) is 4.90 Å². The fourth-order valence-corrected chi connectivity index (χ4v) is 1.99. The first kappa shape index (κ1) is 11.5. The minimum atomic E-state index is 0.0666. The highest BCUT2D eigenvalue weighted by molar-refractivity contribution is 4.90. The van der Waals surface area contributed by atoms with E-state index in [0.29, 0.717) is 5.92 Å². The lowest BCUT2D eigenvalue weighted by atomic mass is 10.0. The normalized spacial score (nSPS) is 24.6. The van der Waals surface area contributed by atoms with Crippen LogP contribution in [0.2, 0.25) is 0 Å². The molecule has 0 saturated carbocycles. The van der Waals surface area contributed by atoms with Crippen molar-refractivity contribution in [2.75, 3.05) is 26.8 Å². The molecule has 0 aromatic heterocycles. The molecule has 1 heterocycles. The summed E-state index contributed by atoms with van der Waals surface area (Å²) in [7, 11) is 2.03. The maximum atomic E-state index is 8.90. The van der Waals surface area contributed by atoms with Crippen LogP contribution in [0.3, 0.4) is 0 Å². The van der Waals surface area contributed by atoms with E-state index in [1.165, 1.54) is 12.8 Å². The zero-order valence-electron chi connectivity index (χ0n) is 9.20. The van der Waals surface area contributed by atoms with E-state index in [1.807, 2.05) is 7.05 Å². The first-order chi connectivity index (χ1) is 6.77. The Morgan fingerprint density at radius 3 is 2.93 bits per heavy atom. The van der Waals surface area contributed by atoms with Gasteiger partial charge in [0, 0.05) is 13.2 Å². The number of ether oxygens (including phenoxy) is 1. The average molecular weight is 196 g/mol. The molecular weight excluding hydrogens is 176 g/mol. The largest absolute Gasteiger partial charge is 0.381 e. The molecule has 1 fully saturated rings. The summed E-state index contributed by atoms with van der Waals surface area (Å²) >= 11 is 0. The number of nitriles is 1. The standard InChI is InChI=1S/C11H20N2O/c1-3-11(7-12)13(2)8-10-5-4-6-14-9-10/h10-11H,3-6,8-9H2,1-2H3. The Balaban J connectivity index is 2.31. The third-order valence-corrected chi connectivity index (χ3v) is 2.87. The molecule has 0 radical (unpaired) electrons. The van der Waals surface area contributed by atoms with Gasteiger partial charge in [-0.2, -0.15) is 5.26 Å². The van der Waals surface area contributed by atoms with E-state index < -0.39 is 0 Å². The SMILES string of the molecule is CCC(C#N)N(C)CC1CCCOC1. The summed E-state index contributed by atoms with van der Waals surface area (Å²) in [5.41, 5.74) is 0. The Morgan fingerprint density at radius 2 is 2.43 bits per heavy atom. The lowest BCUT2D eigenvalue weighted by molar-refractivity contribution is 0.0390. The van der Waals surface area contributed by atoms with Crippen LogP contribution >= 0.6 is 0 Å². The maximum Gasteiger partial charge on any atom is 0.0972 e. The second-order valence-electron chi connectivity index (χ2n) is 4.08. The highest BCUT2D eigenvalue weighted by Crippen LogP contribution is 2.15. The Labute approximate surface area is 86.6 Å². The molecule has 1 rings (SSSR count). The smallest absolute Gasteiger partial charge is 0.0972 e. The number of hydrogen-bond acceptors (Lipinski definition) is 3. The molecule has 1 aliphatic rings. The summed E-state index contributed by atoms with van der Waals surface area (Å²) in [6, 6.07) is 2.39. The molecule has 0 bridgehead atoms. The van der Waals surface area contributed by atoms with Crippen LogP contribution in [0.1, 0.15) is 26.2 Å². The number of hydrogen-bond donors (Lipinski definition) is 0. The minimum Gasteiger partial charge on any atom is -0.381 e. The molecule has 0 N–H and O–H groups in total. The maximum absolute atomic E-state index is 8.90. The fourth-order valence-electron chi connectivity index (χ4n) is 1.99. The molecule has 2 unspecified atom stereocenters. The Bertz CT molecular complexity index is 194. The van der Waals surface area contributed by atoms with E-state index >= 15 is 0 Å². The molecule has 0 aromatic rings. The van der Waals surface area contributed by atoms with E-state index in [0.717, 1.165) is 26.2 Å². The zero-order chi connectivity index (χ0) is 10.4. The van der Waals surface area contributed by atoms with E-state index in [9.17, 15) is 0 Å². The van der Waals surface area contributed by atoms with Gasteiger partial charge in [-0.25, -0.2) is 0 Å². The monoisotopic (exact) mass is 196 g/mol. The molecule has 3 nitrogen and oxygen atoms in total. The van der Waals surface area contributed by atoms with Crippen molar-refractivity contribution in [2.45, 2.75) is 32.2 Å². The molecule has 0 aliphatic carbocycles. The molecule has 0 aromatic carbocycles. The van der Waals surface area contributed by atoms with E-state index in [2.05, 4.69) is 17.9 Å². The Hall–Kier alpha value is -0.590. The number of rotatable bonds is 4. The quantitative estimate of drug-likeness (QED) is 0.686.